The Morgan fingerprint density at radius 1 is 1.44 bits per heavy atom. The number of carboxylic acid groups (broad SMARTS) is 1. The number of aliphatic carboxylic acids is 1. The highest BCUT2D eigenvalue weighted by molar-refractivity contribution is 5.70. The summed E-state index contributed by atoms with van der Waals surface area (Å²) in [7, 11) is 0. The van der Waals surface area contributed by atoms with Gasteiger partial charge in [0.05, 0.1) is 0 Å². The lowest BCUT2D eigenvalue weighted by atomic mass is 10.2. The molecule has 1 aliphatic heterocycles. The topological polar surface area (TPSA) is 66.8 Å². The van der Waals surface area contributed by atoms with Crippen LogP contribution in [0.3, 0.4) is 0 Å². The molecule has 2 aliphatic rings. The van der Waals surface area contributed by atoms with E-state index in [1.807, 2.05) is 0 Å². The summed E-state index contributed by atoms with van der Waals surface area (Å²) in [5.41, 5.74) is 0. The van der Waals surface area contributed by atoms with Crippen molar-refractivity contribution >= 4 is 12.1 Å². The Morgan fingerprint density at radius 2 is 2.06 bits per heavy atom. The number of fused-ring (bicyclic) bond motifs is 1. The molecule has 0 aromatic rings. The average Bonchev–Trinajstić information content (AvgIpc) is 2.71. The van der Waals surface area contributed by atoms with E-state index in [-0.39, 0.29) is 25.0 Å². The van der Waals surface area contributed by atoms with Crippen LogP contribution in [0.25, 0.3) is 0 Å². The summed E-state index contributed by atoms with van der Waals surface area (Å²) in [6.07, 6.45) is 1.44. The zero-order valence-corrected chi connectivity index (χ0v) is 8.96. The van der Waals surface area contributed by atoms with Gasteiger partial charge in [0.15, 0.2) is 0 Å². The Kier molecular flexibility index (Phi) is 2.85. The van der Waals surface area contributed by atoms with Gasteiger partial charge in [0.25, 0.3) is 0 Å². The van der Waals surface area contributed by atoms with E-state index in [9.17, 15) is 9.59 Å². The number of carbonyl (C=O) groups is 2. The molecule has 5 nitrogen and oxygen atoms in total. The first-order valence-electron chi connectivity index (χ1n) is 5.38. The predicted octanol–water partition coefficient (Wildman–Crippen LogP) is 0.962. The third-order valence-corrected chi connectivity index (χ3v) is 3.36. The second-order valence-corrected chi connectivity index (χ2v) is 4.36. The third kappa shape index (κ3) is 2.03. The van der Waals surface area contributed by atoms with Crippen LogP contribution in [0.2, 0.25) is 0 Å². The highest BCUT2D eigenvalue weighted by Gasteiger charge is 2.57. The van der Waals surface area contributed by atoms with Crippen molar-refractivity contribution in [2.24, 2.45) is 17.8 Å². The fourth-order valence-corrected chi connectivity index (χ4v) is 2.52. The molecule has 1 saturated carbocycles. The standard InChI is InChI=1S/C11H15NO4/c1-2-3-16-11(15)12-5-8-7(4-10(13)14)9(8)6-12/h2,7-9H,1,3-6H2,(H,13,14)/t7?,8-,9+. The Bertz CT molecular complexity index is 316. The molecule has 0 spiro atoms. The molecule has 0 bridgehead atoms. The van der Waals surface area contributed by atoms with Gasteiger partial charge in [-0.2, -0.15) is 0 Å². The molecule has 88 valence electrons. The van der Waals surface area contributed by atoms with Gasteiger partial charge < -0.3 is 14.7 Å². The van der Waals surface area contributed by atoms with Crippen LogP contribution in [-0.2, 0) is 9.53 Å². The molecule has 1 N–H and O–H groups in total. The number of rotatable bonds is 4. The number of hydrogen-bond acceptors (Lipinski definition) is 3. The van der Waals surface area contributed by atoms with Crippen LogP contribution >= 0.6 is 0 Å². The Morgan fingerprint density at radius 3 is 2.56 bits per heavy atom. The normalized spacial score (nSPS) is 30.8. The summed E-state index contributed by atoms with van der Waals surface area (Å²) in [6, 6.07) is 0. The number of likely N-dealkylation sites (tertiary alicyclic amines) is 1. The van der Waals surface area contributed by atoms with Crippen molar-refractivity contribution in [3.05, 3.63) is 12.7 Å². The van der Waals surface area contributed by atoms with E-state index in [4.69, 9.17) is 9.84 Å². The molecule has 0 aromatic carbocycles. The van der Waals surface area contributed by atoms with Gasteiger partial charge in [-0.05, 0) is 17.8 Å². The van der Waals surface area contributed by atoms with Crippen LogP contribution in [0.15, 0.2) is 12.7 Å². The molecule has 2 fully saturated rings. The number of carboxylic acids is 1. The minimum atomic E-state index is -0.750. The van der Waals surface area contributed by atoms with Crippen molar-refractivity contribution in [1.29, 1.82) is 0 Å². The lowest BCUT2D eigenvalue weighted by molar-refractivity contribution is -0.137. The second kappa shape index (κ2) is 4.15. The summed E-state index contributed by atoms with van der Waals surface area (Å²) in [4.78, 5) is 23.6. The molecule has 1 aliphatic carbocycles. The van der Waals surface area contributed by atoms with Gasteiger partial charge in [0, 0.05) is 19.5 Å². The summed E-state index contributed by atoms with van der Waals surface area (Å²) in [5, 5.41) is 8.65. The largest absolute Gasteiger partial charge is 0.481 e. The predicted molar refractivity (Wildman–Crippen MR) is 55.8 cm³/mol. The van der Waals surface area contributed by atoms with Crippen LogP contribution < -0.4 is 0 Å². The maximum Gasteiger partial charge on any atom is 0.410 e. The summed E-state index contributed by atoms with van der Waals surface area (Å²) < 4.78 is 4.91. The van der Waals surface area contributed by atoms with Crippen molar-refractivity contribution < 1.29 is 19.4 Å². The molecular formula is C11H15NO4. The number of amides is 1. The first kappa shape index (κ1) is 11.0. The molecule has 1 amide bonds. The Labute approximate surface area is 93.7 Å². The number of piperidine rings is 1. The van der Waals surface area contributed by atoms with Crippen LogP contribution in [0.4, 0.5) is 4.79 Å². The van der Waals surface area contributed by atoms with Gasteiger partial charge in [-0.15, -0.1) is 0 Å². The SMILES string of the molecule is C=CCOC(=O)N1C[C@@H]2C(CC(=O)O)[C@@H]2C1. The summed E-state index contributed by atoms with van der Waals surface area (Å²) in [6.45, 7) is 4.97. The fraction of sp³-hybridized carbons (Fsp3) is 0.636. The Hall–Kier alpha value is -1.52. The van der Waals surface area contributed by atoms with Gasteiger partial charge in [0.2, 0.25) is 0 Å². The number of nitrogens with zero attached hydrogens (tertiary/aromatic N) is 1. The minimum Gasteiger partial charge on any atom is -0.481 e. The molecule has 16 heavy (non-hydrogen) atoms. The van der Waals surface area contributed by atoms with E-state index in [1.165, 1.54) is 6.08 Å². The van der Waals surface area contributed by atoms with E-state index >= 15 is 0 Å². The van der Waals surface area contributed by atoms with E-state index in [0.717, 1.165) is 0 Å². The van der Waals surface area contributed by atoms with Crippen molar-refractivity contribution in [2.45, 2.75) is 6.42 Å². The first-order valence-corrected chi connectivity index (χ1v) is 5.38. The van der Waals surface area contributed by atoms with E-state index in [1.54, 1.807) is 4.90 Å². The van der Waals surface area contributed by atoms with Gasteiger partial charge >= 0.3 is 12.1 Å². The third-order valence-electron chi connectivity index (χ3n) is 3.36. The number of hydrogen-bond donors (Lipinski definition) is 1. The van der Waals surface area contributed by atoms with Gasteiger partial charge in [-0.1, -0.05) is 12.7 Å². The van der Waals surface area contributed by atoms with Gasteiger partial charge in [0.1, 0.15) is 6.61 Å². The monoisotopic (exact) mass is 225 g/mol. The molecule has 1 unspecified atom stereocenters. The first-order chi connectivity index (χ1) is 7.63. The number of carbonyl (C=O) groups excluding carboxylic acids is 1. The molecule has 2 rings (SSSR count). The smallest absolute Gasteiger partial charge is 0.410 e. The lowest BCUT2D eigenvalue weighted by Crippen LogP contribution is -2.32. The van der Waals surface area contributed by atoms with E-state index in [0.29, 0.717) is 24.9 Å². The highest BCUT2D eigenvalue weighted by Crippen LogP contribution is 2.53. The van der Waals surface area contributed by atoms with E-state index in [2.05, 4.69) is 6.58 Å². The van der Waals surface area contributed by atoms with Crippen LogP contribution in [0, 0.1) is 17.8 Å². The Balaban J connectivity index is 1.75. The molecule has 0 radical (unpaired) electrons. The zero-order chi connectivity index (χ0) is 11.7. The minimum absolute atomic E-state index is 0.225. The molecular weight excluding hydrogens is 210 g/mol. The maximum atomic E-state index is 11.4. The molecule has 3 atom stereocenters. The molecule has 1 heterocycles. The van der Waals surface area contributed by atoms with Crippen LogP contribution in [-0.4, -0.2) is 41.8 Å². The molecule has 5 heteroatoms. The van der Waals surface area contributed by atoms with Crippen LogP contribution in [0.1, 0.15) is 6.42 Å². The number of ether oxygens (including phenoxy) is 1. The maximum absolute atomic E-state index is 11.4. The summed E-state index contributed by atoms with van der Waals surface area (Å²) >= 11 is 0. The van der Waals surface area contributed by atoms with Crippen molar-refractivity contribution in [1.82, 2.24) is 4.90 Å². The van der Waals surface area contributed by atoms with Gasteiger partial charge in [-0.25, -0.2) is 4.79 Å². The van der Waals surface area contributed by atoms with Crippen molar-refractivity contribution in [3.63, 3.8) is 0 Å². The molecule has 0 aromatic heterocycles. The quantitative estimate of drug-likeness (QED) is 0.724. The summed E-state index contributed by atoms with van der Waals surface area (Å²) in [5.74, 6) is 0.251. The van der Waals surface area contributed by atoms with Crippen molar-refractivity contribution in [3.8, 4) is 0 Å². The zero-order valence-electron chi connectivity index (χ0n) is 8.96. The van der Waals surface area contributed by atoms with E-state index < -0.39 is 5.97 Å². The fourth-order valence-electron chi connectivity index (χ4n) is 2.52. The second-order valence-electron chi connectivity index (χ2n) is 4.36. The highest BCUT2D eigenvalue weighted by atomic mass is 16.6. The van der Waals surface area contributed by atoms with Gasteiger partial charge in [-0.3, -0.25) is 4.79 Å². The van der Waals surface area contributed by atoms with Crippen LogP contribution in [0.5, 0.6) is 0 Å². The molecule has 1 saturated heterocycles. The average molecular weight is 225 g/mol. The lowest BCUT2D eigenvalue weighted by Gasteiger charge is -2.18. The van der Waals surface area contributed by atoms with Crippen molar-refractivity contribution in [2.75, 3.05) is 19.7 Å².